The van der Waals surface area contributed by atoms with Crippen molar-refractivity contribution in [3.63, 3.8) is 0 Å². The molecule has 0 fully saturated rings. The fourth-order valence-corrected chi connectivity index (χ4v) is 1.51. The summed E-state index contributed by atoms with van der Waals surface area (Å²) in [6.45, 7) is 0. The highest BCUT2D eigenvalue weighted by Crippen LogP contribution is 2.14. The number of halogens is 1. The molecule has 0 amide bonds. The largest absolute Gasteiger partial charge is 0.478 e. The summed E-state index contributed by atoms with van der Waals surface area (Å²) in [5.41, 5.74) is 6.96. The average Bonchev–Trinajstić information content (AvgIpc) is 2.08. The molecule has 0 saturated carbocycles. The van der Waals surface area contributed by atoms with Gasteiger partial charge in [0.25, 0.3) is 0 Å². The molecule has 0 aliphatic heterocycles. The average molecular weight is 244 g/mol. The van der Waals surface area contributed by atoms with Crippen molar-refractivity contribution in [2.24, 2.45) is 0 Å². The van der Waals surface area contributed by atoms with Crippen molar-refractivity contribution < 1.29 is 9.90 Å². The van der Waals surface area contributed by atoms with E-state index in [1.165, 1.54) is 0 Å². The first-order valence-corrected chi connectivity index (χ1v) is 4.95. The van der Waals surface area contributed by atoms with Crippen molar-refractivity contribution in [2.45, 2.75) is 6.42 Å². The highest BCUT2D eigenvalue weighted by molar-refractivity contribution is 9.09. The van der Waals surface area contributed by atoms with E-state index in [4.69, 9.17) is 10.8 Å². The zero-order valence-corrected chi connectivity index (χ0v) is 8.54. The van der Waals surface area contributed by atoms with Gasteiger partial charge < -0.3 is 10.8 Å². The van der Waals surface area contributed by atoms with E-state index in [0.29, 0.717) is 5.69 Å². The van der Waals surface area contributed by atoms with Gasteiger partial charge in [0.05, 0.1) is 5.56 Å². The quantitative estimate of drug-likeness (QED) is 0.630. The van der Waals surface area contributed by atoms with Gasteiger partial charge in [-0.25, -0.2) is 4.79 Å². The van der Waals surface area contributed by atoms with Gasteiger partial charge in [-0.3, -0.25) is 0 Å². The minimum absolute atomic E-state index is 0.179. The smallest absolute Gasteiger partial charge is 0.337 e. The Morgan fingerprint density at radius 2 is 2.23 bits per heavy atom. The molecule has 1 aromatic rings. The molecule has 0 heterocycles. The van der Waals surface area contributed by atoms with Crippen molar-refractivity contribution in [2.75, 3.05) is 11.1 Å². The van der Waals surface area contributed by atoms with Gasteiger partial charge in [0.2, 0.25) is 0 Å². The van der Waals surface area contributed by atoms with Crippen LogP contribution < -0.4 is 5.73 Å². The second-order valence-corrected chi connectivity index (χ2v) is 3.46. The first-order valence-electron chi connectivity index (χ1n) is 3.83. The van der Waals surface area contributed by atoms with Crippen LogP contribution >= 0.6 is 15.9 Å². The summed E-state index contributed by atoms with van der Waals surface area (Å²) < 4.78 is 0. The number of carboxylic acids is 1. The Morgan fingerprint density at radius 1 is 1.54 bits per heavy atom. The normalized spacial score (nSPS) is 9.92. The molecular formula is C9H10BrNO2. The Labute approximate surface area is 84.7 Å². The third kappa shape index (κ3) is 2.45. The van der Waals surface area contributed by atoms with Crippen molar-refractivity contribution in [1.29, 1.82) is 0 Å². The number of alkyl halides is 1. The molecule has 0 aromatic heterocycles. The summed E-state index contributed by atoms with van der Waals surface area (Å²) in [5.74, 6) is -0.978. The Balaban J connectivity index is 3.04. The molecule has 0 bridgehead atoms. The molecule has 1 rings (SSSR count). The lowest BCUT2D eigenvalue weighted by Gasteiger charge is -2.03. The first kappa shape index (κ1) is 10.1. The lowest BCUT2D eigenvalue weighted by molar-refractivity contribution is 0.0698. The number of hydrogen-bond donors (Lipinski definition) is 2. The van der Waals surface area contributed by atoms with Crippen molar-refractivity contribution >= 4 is 27.6 Å². The van der Waals surface area contributed by atoms with E-state index >= 15 is 0 Å². The van der Waals surface area contributed by atoms with Crippen LogP contribution in [0.25, 0.3) is 0 Å². The van der Waals surface area contributed by atoms with Crippen LogP contribution in [0.15, 0.2) is 18.2 Å². The molecule has 0 atom stereocenters. The lowest BCUT2D eigenvalue weighted by Crippen LogP contribution is -2.03. The van der Waals surface area contributed by atoms with Crippen LogP contribution in [-0.2, 0) is 6.42 Å². The van der Waals surface area contributed by atoms with Gasteiger partial charge >= 0.3 is 5.97 Å². The van der Waals surface area contributed by atoms with Gasteiger partial charge in [-0.15, -0.1) is 0 Å². The zero-order valence-electron chi connectivity index (χ0n) is 6.96. The standard InChI is InChI=1S/C9H10BrNO2/c10-4-3-6-1-2-8(11)7(5-6)9(12)13/h1-2,5H,3-4,11H2,(H,12,13). The van der Waals surface area contributed by atoms with Crippen LogP contribution in [0, 0.1) is 0 Å². The molecule has 3 N–H and O–H groups in total. The van der Waals surface area contributed by atoms with Gasteiger partial charge in [0.1, 0.15) is 0 Å². The molecule has 0 saturated heterocycles. The van der Waals surface area contributed by atoms with E-state index in [0.717, 1.165) is 17.3 Å². The predicted octanol–water partition coefficient (Wildman–Crippen LogP) is 1.90. The molecule has 70 valence electrons. The number of nitrogen functional groups attached to an aromatic ring is 1. The van der Waals surface area contributed by atoms with Crippen LogP contribution in [0.1, 0.15) is 15.9 Å². The maximum atomic E-state index is 10.7. The summed E-state index contributed by atoms with van der Waals surface area (Å²) in [6.07, 6.45) is 0.806. The summed E-state index contributed by atoms with van der Waals surface area (Å²) in [6, 6.07) is 5.07. The molecule has 0 aliphatic rings. The van der Waals surface area contributed by atoms with Crippen LogP contribution in [0.4, 0.5) is 5.69 Å². The van der Waals surface area contributed by atoms with Crippen molar-refractivity contribution in [3.8, 4) is 0 Å². The number of rotatable bonds is 3. The SMILES string of the molecule is Nc1ccc(CCBr)cc1C(=O)O. The van der Waals surface area contributed by atoms with E-state index in [-0.39, 0.29) is 5.56 Å². The van der Waals surface area contributed by atoms with Crippen molar-refractivity contribution in [3.05, 3.63) is 29.3 Å². The number of aryl methyl sites for hydroxylation is 1. The van der Waals surface area contributed by atoms with Crippen LogP contribution in [-0.4, -0.2) is 16.4 Å². The van der Waals surface area contributed by atoms with Crippen LogP contribution in [0.2, 0.25) is 0 Å². The van der Waals surface area contributed by atoms with E-state index in [1.54, 1.807) is 12.1 Å². The predicted molar refractivity (Wildman–Crippen MR) is 55.3 cm³/mol. The van der Waals surface area contributed by atoms with E-state index in [9.17, 15) is 4.79 Å². The third-order valence-corrected chi connectivity index (χ3v) is 2.13. The van der Waals surface area contributed by atoms with E-state index in [2.05, 4.69) is 15.9 Å². The highest BCUT2D eigenvalue weighted by atomic mass is 79.9. The molecule has 0 aliphatic carbocycles. The molecule has 13 heavy (non-hydrogen) atoms. The Morgan fingerprint density at radius 3 is 2.77 bits per heavy atom. The van der Waals surface area contributed by atoms with Gasteiger partial charge in [-0.1, -0.05) is 22.0 Å². The number of carbonyl (C=O) groups is 1. The van der Waals surface area contributed by atoms with Crippen molar-refractivity contribution in [1.82, 2.24) is 0 Å². The second kappa shape index (κ2) is 4.28. The Bertz CT molecular complexity index is 325. The third-order valence-electron chi connectivity index (χ3n) is 1.73. The lowest BCUT2D eigenvalue weighted by atomic mass is 10.1. The first-order chi connectivity index (χ1) is 6.15. The summed E-state index contributed by atoms with van der Waals surface area (Å²) in [5, 5.41) is 9.58. The van der Waals surface area contributed by atoms with Crippen LogP contribution in [0.3, 0.4) is 0 Å². The summed E-state index contributed by atoms with van der Waals surface area (Å²) >= 11 is 3.29. The summed E-state index contributed by atoms with van der Waals surface area (Å²) in [7, 11) is 0. The number of carboxylic acid groups (broad SMARTS) is 1. The number of benzene rings is 1. The molecule has 0 radical (unpaired) electrons. The molecule has 3 nitrogen and oxygen atoms in total. The fraction of sp³-hybridized carbons (Fsp3) is 0.222. The molecule has 0 spiro atoms. The molecule has 4 heteroatoms. The Kier molecular flexibility index (Phi) is 3.31. The fourth-order valence-electron chi connectivity index (χ4n) is 1.05. The maximum Gasteiger partial charge on any atom is 0.337 e. The molecule has 1 aromatic carbocycles. The minimum Gasteiger partial charge on any atom is -0.478 e. The van der Waals surface area contributed by atoms with Crippen LogP contribution in [0.5, 0.6) is 0 Å². The van der Waals surface area contributed by atoms with E-state index in [1.807, 2.05) is 6.07 Å². The highest BCUT2D eigenvalue weighted by Gasteiger charge is 2.07. The maximum absolute atomic E-state index is 10.7. The van der Waals surface area contributed by atoms with E-state index < -0.39 is 5.97 Å². The Hall–Kier alpha value is -1.03. The number of aromatic carboxylic acids is 1. The second-order valence-electron chi connectivity index (χ2n) is 2.67. The number of hydrogen-bond acceptors (Lipinski definition) is 2. The monoisotopic (exact) mass is 243 g/mol. The topological polar surface area (TPSA) is 63.3 Å². The summed E-state index contributed by atoms with van der Waals surface area (Å²) in [4.78, 5) is 10.7. The zero-order chi connectivity index (χ0) is 9.84. The number of nitrogens with two attached hydrogens (primary N) is 1. The van der Waals surface area contributed by atoms with Gasteiger partial charge in [-0.2, -0.15) is 0 Å². The van der Waals surface area contributed by atoms with Gasteiger partial charge in [0.15, 0.2) is 0 Å². The van der Waals surface area contributed by atoms with Gasteiger partial charge in [0, 0.05) is 11.0 Å². The molecule has 0 unspecified atom stereocenters. The van der Waals surface area contributed by atoms with Gasteiger partial charge in [-0.05, 0) is 24.1 Å². The minimum atomic E-state index is -0.978. The number of anilines is 1. The molecular weight excluding hydrogens is 234 g/mol.